The van der Waals surface area contributed by atoms with Gasteiger partial charge < -0.3 is 5.32 Å². The molecule has 3 heteroatoms. The van der Waals surface area contributed by atoms with E-state index in [0.717, 1.165) is 35.4 Å². The number of nitrogens with zero attached hydrogens (tertiary/aromatic N) is 2. The standard InChI is InChI=1S/C17H25N3/c1-5-18-14(10-12(2)3)11-17-13(4)19-15-8-6-7-9-16(15)20-17/h6-9,12,14,18H,5,10-11H2,1-4H3. The predicted molar refractivity (Wildman–Crippen MR) is 84.9 cm³/mol. The van der Waals surface area contributed by atoms with Crippen LogP contribution in [0.15, 0.2) is 24.3 Å². The maximum atomic E-state index is 4.80. The van der Waals surface area contributed by atoms with Gasteiger partial charge in [0.2, 0.25) is 0 Å². The maximum Gasteiger partial charge on any atom is 0.0890 e. The maximum absolute atomic E-state index is 4.80. The van der Waals surface area contributed by atoms with Crippen molar-refractivity contribution in [2.75, 3.05) is 6.54 Å². The first-order chi connectivity index (χ1) is 9.60. The Balaban J connectivity index is 2.24. The summed E-state index contributed by atoms with van der Waals surface area (Å²) in [4.78, 5) is 9.48. The minimum Gasteiger partial charge on any atom is -0.314 e. The number of fused-ring (bicyclic) bond motifs is 1. The van der Waals surface area contributed by atoms with Gasteiger partial charge in [-0.25, -0.2) is 9.97 Å². The third kappa shape index (κ3) is 3.76. The van der Waals surface area contributed by atoms with Crippen molar-refractivity contribution in [3.05, 3.63) is 35.7 Å². The number of benzene rings is 1. The zero-order valence-electron chi connectivity index (χ0n) is 13.0. The second-order valence-corrected chi connectivity index (χ2v) is 5.83. The fraction of sp³-hybridized carbons (Fsp3) is 0.529. The highest BCUT2D eigenvalue weighted by atomic mass is 14.9. The average Bonchev–Trinajstić information content (AvgIpc) is 2.39. The number of hydrogen-bond donors (Lipinski definition) is 1. The van der Waals surface area contributed by atoms with E-state index in [-0.39, 0.29) is 0 Å². The highest BCUT2D eigenvalue weighted by Gasteiger charge is 2.14. The van der Waals surface area contributed by atoms with Crippen LogP contribution in [0.1, 0.15) is 38.6 Å². The quantitative estimate of drug-likeness (QED) is 0.873. The van der Waals surface area contributed by atoms with Crippen molar-refractivity contribution in [2.24, 2.45) is 5.92 Å². The molecule has 1 heterocycles. The van der Waals surface area contributed by atoms with Crippen molar-refractivity contribution in [1.82, 2.24) is 15.3 Å². The fourth-order valence-corrected chi connectivity index (χ4v) is 2.65. The van der Waals surface area contributed by atoms with Crippen LogP contribution in [0, 0.1) is 12.8 Å². The first kappa shape index (κ1) is 14.9. The zero-order valence-corrected chi connectivity index (χ0v) is 13.0. The molecule has 1 aromatic heterocycles. The third-order valence-electron chi connectivity index (χ3n) is 3.53. The molecule has 0 aliphatic rings. The molecule has 20 heavy (non-hydrogen) atoms. The smallest absolute Gasteiger partial charge is 0.0890 e. The summed E-state index contributed by atoms with van der Waals surface area (Å²) < 4.78 is 0. The van der Waals surface area contributed by atoms with E-state index in [2.05, 4.69) is 38.0 Å². The van der Waals surface area contributed by atoms with E-state index in [1.165, 1.54) is 6.42 Å². The Kier molecular flexibility index (Phi) is 5.07. The Morgan fingerprint density at radius 1 is 1.10 bits per heavy atom. The molecule has 2 rings (SSSR count). The molecule has 1 atom stereocenters. The van der Waals surface area contributed by atoms with Crippen LogP contribution in [0.2, 0.25) is 0 Å². The highest BCUT2D eigenvalue weighted by molar-refractivity contribution is 5.74. The van der Waals surface area contributed by atoms with E-state index in [1.807, 2.05) is 24.3 Å². The van der Waals surface area contributed by atoms with Gasteiger partial charge in [0.05, 0.1) is 22.4 Å². The molecule has 1 aromatic carbocycles. The topological polar surface area (TPSA) is 37.8 Å². The van der Waals surface area contributed by atoms with Gasteiger partial charge in [0.1, 0.15) is 0 Å². The van der Waals surface area contributed by atoms with Gasteiger partial charge in [0.25, 0.3) is 0 Å². The van der Waals surface area contributed by atoms with Crippen molar-refractivity contribution >= 4 is 11.0 Å². The van der Waals surface area contributed by atoms with E-state index in [1.54, 1.807) is 0 Å². The lowest BCUT2D eigenvalue weighted by Gasteiger charge is -2.20. The van der Waals surface area contributed by atoms with E-state index in [4.69, 9.17) is 4.98 Å². The largest absolute Gasteiger partial charge is 0.314 e. The summed E-state index contributed by atoms with van der Waals surface area (Å²) in [5, 5.41) is 3.57. The van der Waals surface area contributed by atoms with Gasteiger partial charge in [-0.15, -0.1) is 0 Å². The molecule has 108 valence electrons. The number of likely N-dealkylation sites (N-methyl/N-ethyl adjacent to an activating group) is 1. The molecule has 1 unspecified atom stereocenters. The Morgan fingerprint density at radius 2 is 1.75 bits per heavy atom. The summed E-state index contributed by atoms with van der Waals surface area (Å²) in [7, 11) is 0. The second kappa shape index (κ2) is 6.80. The van der Waals surface area contributed by atoms with Crippen LogP contribution < -0.4 is 5.32 Å². The average molecular weight is 271 g/mol. The molecule has 0 saturated heterocycles. The van der Waals surface area contributed by atoms with E-state index in [0.29, 0.717) is 12.0 Å². The SMILES string of the molecule is CCNC(Cc1nc2ccccc2nc1C)CC(C)C. The van der Waals surface area contributed by atoms with Crippen molar-refractivity contribution in [1.29, 1.82) is 0 Å². The van der Waals surface area contributed by atoms with Crippen molar-refractivity contribution in [3.63, 3.8) is 0 Å². The lowest BCUT2D eigenvalue weighted by atomic mass is 9.99. The van der Waals surface area contributed by atoms with Crippen LogP contribution in [0.25, 0.3) is 11.0 Å². The van der Waals surface area contributed by atoms with Gasteiger partial charge in [-0.05, 0) is 37.9 Å². The molecule has 0 fully saturated rings. The first-order valence-corrected chi connectivity index (χ1v) is 7.55. The number of hydrogen-bond acceptors (Lipinski definition) is 3. The van der Waals surface area contributed by atoms with Crippen molar-refractivity contribution < 1.29 is 0 Å². The number of nitrogens with one attached hydrogen (secondary N) is 1. The second-order valence-electron chi connectivity index (χ2n) is 5.83. The van der Waals surface area contributed by atoms with Crippen LogP contribution in [0.4, 0.5) is 0 Å². The Bertz CT molecular complexity index is 563. The summed E-state index contributed by atoms with van der Waals surface area (Å²) in [6.45, 7) is 9.75. The molecule has 3 nitrogen and oxygen atoms in total. The molecule has 0 aliphatic heterocycles. The summed E-state index contributed by atoms with van der Waals surface area (Å²) in [6.07, 6.45) is 2.12. The normalized spacial score (nSPS) is 13.1. The Labute approximate surface area is 121 Å². The molecule has 0 bridgehead atoms. The zero-order chi connectivity index (χ0) is 14.5. The number of rotatable bonds is 6. The molecule has 1 N–H and O–H groups in total. The van der Waals surface area contributed by atoms with Crippen molar-refractivity contribution in [2.45, 2.75) is 46.6 Å². The molecule has 2 aromatic rings. The molecule has 0 spiro atoms. The van der Waals surface area contributed by atoms with Gasteiger partial charge in [-0.1, -0.05) is 32.9 Å². The summed E-state index contributed by atoms with van der Waals surface area (Å²) in [5.41, 5.74) is 4.15. The highest BCUT2D eigenvalue weighted by Crippen LogP contribution is 2.16. The summed E-state index contributed by atoms with van der Waals surface area (Å²) in [6, 6.07) is 8.57. The fourth-order valence-electron chi connectivity index (χ4n) is 2.65. The summed E-state index contributed by atoms with van der Waals surface area (Å²) >= 11 is 0. The number of aromatic nitrogens is 2. The van der Waals surface area contributed by atoms with E-state index in [9.17, 15) is 0 Å². The third-order valence-corrected chi connectivity index (χ3v) is 3.53. The Hall–Kier alpha value is -1.48. The predicted octanol–water partition coefficient (Wildman–Crippen LogP) is 3.50. The van der Waals surface area contributed by atoms with Gasteiger partial charge in [-0.3, -0.25) is 0 Å². The number of aryl methyl sites for hydroxylation is 1. The molecule has 0 amide bonds. The van der Waals surface area contributed by atoms with Gasteiger partial charge in [0.15, 0.2) is 0 Å². The molecule has 0 radical (unpaired) electrons. The van der Waals surface area contributed by atoms with E-state index < -0.39 is 0 Å². The van der Waals surface area contributed by atoms with Crippen molar-refractivity contribution in [3.8, 4) is 0 Å². The molecule has 0 saturated carbocycles. The first-order valence-electron chi connectivity index (χ1n) is 7.55. The molecule has 0 aliphatic carbocycles. The van der Waals surface area contributed by atoms with Crippen LogP contribution in [-0.2, 0) is 6.42 Å². The van der Waals surface area contributed by atoms with Gasteiger partial charge >= 0.3 is 0 Å². The van der Waals surface area contributed by atoms with Gasteiger partial charge in [0, 0.05) is 12.5 Å². The minimum absolute atomic E-state index is 0.481. The molecular formula is C17H25N3. The lowest BCUT2D eigenvalue weighted by molar-refractivity contribution is 0.420. The van der Waals surface area contributed by atoms with Crippen LogP contribution in [-0.4, -0.2) is 22.6 Å². The van der Waals surface area contributed by atoms with Crippen LogP contribution in [0.5, 0.6) is 0 Å². The van der Waals surface area contributed by atoms with E-state index >= 15 is 0 Å². The Morgan fingerprint density at radius 3 is 2.35 bits per heavy atom. The lowest BCUT2D eigenvalue weighted by Crippen LogP contribution is -2.33. The minimum atomic E-state index is 0.481. The molecular weight excluding hydrogens is 246 g/mol. The number of para-hydroxylation sites is 2. The van der Waals surface area contributed by atoms with Crippen LogP contribution in [0.3, 0.4) is 0 Å². The summed E-state index contributed by atoms with van der Waals surface area (Å²) in [5.74, 6) is 0.688. The van der Waals surface area contributed by atoms with Crippen LogP contribution >= 0.6 is 0 Å². The van der Waals surface area contributed by atoms with Gasteiger partial charge in [-0.2, -0.15) is 0 Å². The monoisotopic (exact) mass is 271 g/mol.